The topological polar surface area (TPSA) is 37.3 Å². The van der Waals surface area contributed by atoms with Gasteiger partial charge in [0.1, 0.15) is 5.78 Å². The van der Waals surface area contributed by atoms with Gasteiger partial charge in [0, 0.05) is 19.4 Å². The normalized spacial score (nSPS) is 10.5. The summed E-state index contributed by atoms with van der Waals surface area (Å²) in [6.07, 6.45) is 10.3. The highest BCUT2D eigenvalue weighted by atomic mass is 16.2. The molecular weight excluding hydrogens is 188 g/mol. The number of Topliss-reactive ketones (excluding diaryl/α,β-unsaturated/α-hetero) is 1. The van der Waals surface area contributed by atoms with Gasteiger partial charge in [0.05, 0.1) is 0 Å². The molecule has 0 saturated heterocycles. The maximum atomic E-state index is 11.4. The fraction of sp³-hybridized carbons (Fsp3) is 0.923. The smallest absolute Gasteiger partial charge is 0.132 e. The van der Waals surface area contributed by atoms with E-state index in [0.29, 0.717) is 5.78 Å². The van der Waals surface area contributed by atoms with Crippen LogP contribution in [0.2, 0.25) is 0 Å². The van der Waals surface area contributed by atoms with Gasteiger partial charge in [-0.2, -0.15) is 0 Å². The van der Waals surface area contributed by atoms with E-state index < -0.39 is 0 Å². The molecule has 2 nitrogen and oxygen atoms in total. The zero-order chi connectivity index (χ0) is 11.4. The lowest BCUT2D eigenvalue weighted by Crippen LogP contribution is -1.97. The van der Waals surface area contributed by atoms with Crippen molar-refractivity contribution < 1.29 is 9.90 Å². The van der Waals surface area contributed by atoms with Gasteiger partial charge in [0.2, 0.25) is 0 Å². The van der Waals surface area contributed by atoms with Crippen molar-refractivity contribution >= 4 is 5.78 Å². The van der Waals surface area contributed by atoms with Crippen molar-refractivity contribution in [3.05, 3.63) is 0 Å². The van der Waals surface area contributed by atoms with E-state index in [0.717, 1.165) is 44.9 Å². The quantitative estimate of drug-likeness (QED) is 0.535. The number of hydrogen-bond acceptors (Lipinski definition) is 2. The highest BCUT2D eigenvalue weighted by Crippen LogP contribution is 2.08. The predicted molar refractivity (Wildman–Crippen MR) is 63.9 cm³/mol. The predicted octanol–water partition coefficient (Wildman–Crippen LogP) is 3.47. The molecule has 0 radical (unpaired) electrons. The lowest BCUT2D eigenvalue weighted by atomic mass is 10.0. The molecule has 2 heteroatoms. The third-order valence-corrected chi connectivity index (χ3v) is 2.67. The van der Waals surface area contributed by atoms with Crippen LogP contribution < -0.4 is 0 Å². The Hall–Kier alpha value is -0.370. The number of rotatable bonds is 11. The van der Waals surface area contributed by atoms with Crippen molar-refractivity contribution in [2.45, 2.75) is 71.1 Å². The lowest BCUT2D eigenvalue weighted by molar-refractivity contribution is -0.119. The molecule has 0 amide bonds. The van der Waals surface area contributed by atoms with Crippen LogP contribution in [-0.4, -0.2) is 17.5 Å². The molecule has 0 unspecified atom stereocenters. The number of carbonyl (C=O) groups excluding carboxylic acids is 1. The van der Waals surface area contributed by atoms with Gasteiger partial charge in [-0.25, -0.2) is 0 Å². The second-order valence-electron chi connectivity index (χ2n) is 4.24. The van der Waals surface area contributed by atoms with Gasteiger partial charge in [-0.1, -0.05) is 39.0 Å². The third kappa shape index (κ3) is 11.6. The number of carbonyl (C=O) groups is 1. The molecule has 0 aromatic rings. The van der Waals surface area contributed by atoms with E-state index >= 15 is 0 Å². The molecular formula is C13H26O2. The summed E-state index contributed by atoms with van der Waals surface area (Å²) >= 11 is 0. The first kappa shape index (κ1) is 14.6. The van der Waals surface area contributed by atoms with E-state index in [1.807, 2.05) is 0 Å². The molecule has 0 fully saturated rings. The second-order valence-corrected chi connectivity index (χ2v) is 4.24. The molecule has 0 saturated carbocycles. The number of ketones is 1. The molecule has 90 valence electrons. The first-order valence-electron chi connectivity index (χ1n) is 6.43. The van der Waals surface area contributed by atoms with Crippen LogP contribution in [0.4, 0.5) is 0 Å². The van der Waals surface area contributed by atoms with Crippen LogP contribution >= 0.6 is 0 Å². The summed E-state index contributed by atoms with van der Waals surface area (Å²) in [5.74, 6) is 0.426. The SMILES string of the molecule is CCCCCCC(=O)CCCCCCO. The lowest BCUT2D eigenvalue weighted by Gasteiger charge is -2.01. The van der Waals surface area contributed by atoms with Crippen molar-refractivity contribution in [3.8, 4) is 0 Å². The molecule has 0 atom stereocenters. The molecule has 0 spiro atoms. The molecule has 0 aromatic carbocycles. The van der Waals surface area contributed by atoms with Crippen LogP contribution in [0.25, 0.3) is 0 Å². The number of hydrogen-bond donors (Lipinski definition) is 1. The fourth-order valence-corrected chi connectivity index (χ4v) is 1.66. The molecule has 15 heavy (non-hydrogen) atoms. The zero-order valence-corrected chi connectivity index (χ0v) is 10.1. The standard InChI is InChI=1S/C13H26O2/c1-2-3-4-7-10-13(15)11-8-5-6-9-12-14/h14H,2-12H2,1H3. The maximum Gasteiger partial charge on any atom is 0.132 e. The summed E-state index contributed by atoms with van der Waals surface area (Å²) in [4.78, 5) is 11.4. The van der Waals surface area contributed by atoms with Crippen LogP contribution in [0.1, 0.15) is 71.1 Å². The molecule has 0 aliphatic rings. The fourth-order valence-electron chi connectivity index (χ4n) is 1.66. The van der Waals surface area contributed by atoms with Gasteiger partial charge in [0.25, 0.3) is 0 Å². The first-order valence-corrected chi connectivity index (χ1v) is 6.43. The molecule has 0 bridgehead atoms. The molecule has 0 heterocycles. The van der Waals surface area contributed by atoms with Gasteiger partial charge in [-0.05, 0) is 19.3 Å². The Balaban J connectivity index is 3.11. The van der Waals surface area contributed by atoms with E-state index in [4.69, 9.17) is 5.11 Å². The summed E-state index contributed by atoms with van der Waals surface area (Å²) in [6, 6.07) is 0. The summed E-state index contributed by atoms with van der Waals surface area (Å²) in [6.45, 7) is 2.47. The summed E-state index contributed by atoms with van der Waals surface area (Å²) in [5, 5.41) is 8.57. The van der Waals surface area contributed by atoms with Crippen LogP contribution in [0.5, 0.6) is 0 Å². The molecule has 0 aliphatic heterocycles. The molecule has 0 aliphatic carbocycles. The zero-order valence-electron chi connectivity index (χ0n) is 10.1. The Bertz CT molecular complexity index is 143. The van der Waals surface area contributed by atoms with Gasteiger partial charge < -0.3 is 5.11 Å². The minimum Gasteiger partial charge on any atom is -0.396 e. The van der Waals surface area contributed by atoms with Crippen molar-refractivity contribution in [2.24, 2.45) is 0 Å². The van der Waals surface area contributed by atoms with Crippen molar-refractivity contribution in [3.63, 3.8) is 0 Å². The van der Waals surface area contributed by atoms with Crippen LogP contribution in [0.15, 0.2) is 0 Å². The van der Waals surface area contributed by atoms with Crippen molar-refractivity contribution in [2.75, 3.05) is 6.61 Å². The Morgan fingerprint density at radius 2 is 1.40 bits per heavy atom. The van der Waals surface area contributed by atoms with E-state index in [9.17, 15) is 4.79 Å². The van der Waals surface area contributed by atoms with Gasteiger partial charge in [-0.15, -0.1) is 0 Å². The summed E-state index contributed by atoms with van der Waals surface area (Å²) in [7, 11) is 0. The Morgan fingerprint density at radius 3 is 1.93 bits per heavy atom. The Morgan fingerprint density at radius 1 is 0.867 bits per heavy atom. The van der Waals surface area contributed by atoms with E-state index in [1.165, 1.54) is 19.3 Å². The monoisotopic (exact) mass is 214 g/mol. The van der Waals surface area contributed by atoms with E-state index in [2.05, 4.69) is 6.92 Å². The van der Waals surface area contributed by atoms with Crippen molar-refractivity contribution in [1.29, 1.82) is 0 Å². The minimum absolute atomic E-state index is 0.283. The Kier molecular flexibility index (Phi) is 11.4. The first-order chi connectivity index (χ1) is 7.31. The summed E-state index contributed by atoms with van der Waals surface area (Å²) in [5.41, 5.74) is 0. The molecule has 0 aromatic heterocycles. The third-order valence-electron chi connectivity index (χ3n) is 2.67. The Labute approximate surface area is 94.1 Å². The number of aliphatic hydroxyl groups excluding tert-OH is 1. The number of unbranched alkanes of at least 4 members (excludes halogenated alkanes) is 6. The minimum atomic E-state index is 0.283. The number of aliphatic hydroxyl groups is 1. The van der Waals surface area contributed by atoms with Crippen LogP contribution in [-0.2, 0) is 4.79 Å². The maximum absolute atomic E-state index is 11.4. The van der Waals surface area contributed by atoms with Crippen LogP contribution in [0.3, 0.4) is 0 Å². The average Bonchev–Trinajstić information content (AvgIpc) is 2.24. The van der Waals surface area contributed by atoms with Gasteiger partial charge in [0.15, 0.2) is 0 Å². The highest BCUT2D eigenvalue weighted by Gasteiger charge is 2.01. The molecule has 1 N–H and O–H groups in total. The largest absolute Gasteiger partial charge is 0.396 e. The molecule has 0 rings (SSSR count). The van der Waals surface area contributed by atoms with Gasteiger partial charge in [-0.3, -0.25) is 4.79 Å². The highest BCUT2D eigenvalue weighted by molar-refractivity contribution is 5.78. The summed E-state index contributed by atoms with van der Waals surface area (Å²) < 4.78 is 0. The van der Waals surface area contributed by atoms with Crippen molar-refractivity contribution in [1.82, 2.24) is 0 Å². The average molecular weight is 214 g/mol. The van der Waals surface area contributed by atoms with Crippen LogP contribution in [0, 0.1) is 0 Å². The van der Waals surface area contributed by atoms with E-state index in [1.54, 1.807) is 0 Å². The van der Waals surface area contributed by atoms with E-state index in [-0.39, 0.29) is 6.61 Å². The van der Waals surface area contributed by atoms with Gasteiger partial charge >= 0.3 is 0 Å². The second kappa shape index (κ2) is 11.7.